The topological polar surface area (TPSA) is 29.5 Å². The summed E-state index contributed by atoms with van der Waals surface area (Å²) in [5, 5.41) is 9.88. The van der Waals surface area contributed by atoms with Crippen molar-refractivity contribution in [3.8, 4) is 5.75 Å². The Bertz CT molecular complexity index is 284. The number of aliphatic hydroxyl groups is 1. The molecule has 0 bridgehead atoms. The third-order valence-electron chi connectivity index (χ3n) is 1.80. The lowest BCUT2D eigenvalue weighted by molar-refractivity contribution is 0.194. The summed E-state index contributed by atoms with van der Waals surface area (Å²) >= 11 is 5.96. The third-order valence-corrected chi connectivity index (χ3v) is 2.15. The molecule has 0 aliphatic carbocycles. The van der Waals surface area contributed by atoms with E-state index in [9.17, 15) is 5.11 Å². The van der Waals surface area contributed by atoms with Gasteiger partial charge in [-0.2, -0.15) is 0 Å². The van der Waals surface area contributed by atoms with Gasteiger partial charge in [0.25, 0.3) is 0 Å². The molecule has 0 aliphatic heterocycles. The molecule has 0 heterocycles. The van der Waals surface area contributed by atoms with Gasteiger partial charge in [0.2, 0.25) is 0 Å². The molecule has 0 saturated heterocycles. The van der Waals surface area contributed by atoms with Crippen LogP contribution in [-0.4, -0.2) is 18.3 Å². The predicted octanol–water partition coefficient (Wildman–Crippen LogP) is 2.27. The third kappa shape index (κ3) is 2.61. The van der Waals surface area contributed by atoms with Gasteiger partial charge in [0.1, 0.15) is 5.75 Å². The van der Waals surface area contributed by atoms with E-state index in [4.69, 9.17) is 16.3 Å². The van der Waals surface area contributed by atoms with Crippen LogP contribution in [0.1, 0.15) is 12.5 Å². The number of hydrogen-bond acceptors (Lipinski definition) is 2. The van der Waals surface area contributed by atoms with Crippen molar-refractivity contribution in [2.45, 2.75) is 19.4 Å². The molecule has 13 heavy (non-hydrogen) atoms. The summed E-state index contributed by atoms with van der Waals surface area (Å²) in [7, 11) is 1.59. The number of hydrogen-bond donors (Lipinski definition) is 1. The lowest BCUT2D eigenvalue weighted by atomic mass is 10.1. The van der Waals surface area contributed by atoms with Gasteiger partial charge in [-0.3, -0.25) is 0 Å². The van der Waals surface area contributed by atoms with Crippen molar-refractivity contribution in [2.24, 2.45) is 0 Å². The fourth-order valence-corrected chi connectivity index (χ4v) is 1.47. The van der Waals surface area contributed by atoms with E-state index in [1.807, 2.05) is 12.1 Å². The molecule has 1 N–H and O–H groups in total. The molecule has 1 rings (SSSR count). The SMILES string of the molecule is COc1cccc(Cl)c1C[C@@H](C)O. The Morgan fingerprint density at radius 2 is 2.23 bits per heavy atom. The van der Waals surface area contributed by atoms with E-state index in [0.717, 1.165) is 11.3 Å². The summed E-state index contributed by atoms with van der Waals surface area (Å²) in [5.41, 5.74) is 0.863. The van der Waals surface area contributed by atoms with Crippen LogP contribution < -0.4 is 4.74 Å². The van der Waals surface area contributed by atoms with E-state index in [2.05, 4.69) is 0 Å². The quantitative estimate of drug-likeness (QED) is 0.811. The molecule has 72 valence electrons. The second kappa shape index (κ2) is 4.49. The minimum atomic E-state index is -0.409. The van der Waals surface area contributed by atoms with Crippen molar-refractivity contribution in [3.05, 3.63) is 28.8 Å². The molecular weight excluding hydrogens is 188 g/mol. The first-order chi connectivity index (χ1) is 6.15. The number of rotatable bonds is 3. The van der Waals surface area contributed by atoms with Crippen LogP contribution in [0.5, 0.6) is 5.75 Å². The minimum Gasteiger partial charge on any atom is -0.496 e. The normalized spacial score (nSPS) is 12.6. The average Bonchev–Trinajstić information content (AvgIpc) is 2.08. The van der Waals surface area contributed by atoms with Crippen LogP contribution >= 0.6 is 11.6 Å². The van der Waals surface area contributed by atoms with Crippen molar-refractivity contribution in [1.29, 1.82) is 0 Å². The molecule has 0 aromatic heterocycles. The number of methoxy groups -OCH3 is 1. The molecule has 0 spiro atoms. The second-order valence-electron chi connectivity index (χ2n) is 2.97. The van der Waals surface area contributed by atoms with Crippen LogP contribution in [0.15, 0.2) is 18.2 Å². The Morgan fingerprint density at radius 3 is 2.77 bits per heavy atom. The number of halogens is 1. The van der Waals surface area contributed by atoms with Gasteiger partial charge in [0, 0.05) is 17.0 Å². The van der Waals surface area contributed by atoms with Gasteiger partial charge >= 0.3 is 0 Å². The number of aliphatic hydroxyl groups excluding tert-OH is 1. The summed E-state index contributed by atoms with van der Waals surface area (Å²) in [6.07, 6.45) is 0.108. The maximum Gasteiger partial charge on any atom is 0.123 e. The molecule has 0 amide bonds. The van der Waals surface area contributed by atoms with Gasteiger partial charge in [-0.05, 0) is 19.1 Å². The molecule has 1 aromatic rings. The van der Waals surface area contributed by atoms with E-state index < -0.39 is 6.10 Å². The van der Waals surface area contributed by atoms with Gasteiger partial charge in [-0.15, -0.1) is 0 Å². The van der Waals surface area contributed by atoms with Crippen molar-refractivity contribution < 1.29 is 9.84 Å². The van der Waals surface area contributed by atoms with Crippen molar-refractivity contribution in [2.75, 3.05) is 7.11 Å². The standard InChI is InChI=1S/C10H13ClO2/c1-7(12)6-8-9(11)4-3-5-10(8)13-2/h3-5,7,12H,6H2,1-2H3/t7-/m1/s1. The Balaban J connectivity index is 3.00. The van der Waals surface area contributed by atoms with Gasteiger partial charge in [-0.1, -0.05) is 17.7 Å². The molecular formula is C10H13ClO2. The van der Waals surface area contributed by atoms with Crippen LogP contribution in [0.4, 0.5) is 0 Å². The molecule has 3 heteroatoms. The van der Waals surface area contributed by atoms with E-state index in [1.54, 1.807) is 20.1 Å². The average molecular weight is 201 g/mol. The van der Waals surface area contributed by atoms with Gasteiger partial charge in [-0.25, -0.2) is 0 Å². The molecule has 1 aromatic carbocycles. The Labute approximate surface area is 83.1 Å². The Morgan fingerprint density at radius 1 is 1.54 bits per heavy atom. The highest BCUT2D eigenvalue weighted by molar-refractivity contribution is 6.31. The van der Waals surface area contributed by atoms with Crippen LogP contribution in [0.3, 0.4) is 0 Å². The van der Waals surface area contributed by atoms with Crippen molar-refractivity contribution in [3.63, 3.8) is 0 Å². The summed E-state index contributed by atoms with van der Waals surface area (Å²) in [6.45, 7) is 1.72. The molecule has 0 fully saturated rings. The second-order valence-corrected chi connectivity index (χ2v) is 3.38. The molecule has 2 nitrogen and oxygen atoms in total. The lowest BCUT2D eigenvalue weighted by Gasteiger charge is -2.11. The molecule has 0 saturated carbocycles. The van der Waals surface area contributed by atoms with Gasteiger partial charge in [0.15, 0.2) is 0 Å². The highest BCUT2D eigenvalue weighted by atomic mass is 35.5. The zero-order valence-corrected chi connectivity index (χ0v) is 8.51. The Hall–Kier alpha value is -0.730. The van der Waals surface area contributed by atoms with Crippen LogP contribution in [0.25, 0.3) is 0 Å². The monoisotopic (exact) mass is 200 g/mol. The molecule has 1 atom stereocenters. The van der Waals surface area contributed by atoms with Crippen molar-refractivity contribution in [1.82, 2.24) is 0 Å². The zero-order chi connectivity index (χ0) is 9.84. The maximum absolute atomic E-state index is 9.24. The zero-order valence-electron chi connectivity index (χ0n) is 7.75. The first kappa shape index (κ1) is 10.4. The lowest BCUT2D eigenvalue weighted by Crippen LogP contribution is -2.06. The molecule has 0 unspecified atom stereocenters. The largest absolute Gasteiger partial charge is 0.496 e. The summed E-state index contributed by atoms with van der Waals surface area (Å²) in [6, 6.07) is 5.46. The van der Waals surface area contributed by atoms with Crippen molar-refractivity contribution >= 4 is 11.6 Å². The minimum absolute atomic E-state index is 0.409. The van der Waals surface area contributed by atoms with Crippen LogP contribution in [0, 0.1) is 0 Å². The van der Waals surface area contributed by atoms with Crippen LogP contribution in [0.2, 0.25) is 5.02 Å². The van der Waals surface area contributed by atoms with E-state index in [0.29, 0.717) is 11.4 Å². The maximum atomic E-state index is 9.24. The van der Waals surface area contributed by atoms with E-state index in [1.165, 1.54) is 0 Å². The Kier molecular flexibility index (Phi) is 3.58. The van der Waals surface area contributed by atoms with Gasteiger partial charge < -0.3 is 9.84 Å². The number of benzene rings is 1. The van der Waals surface area contributed by atoms with E-state index >= 15 is 0 Å². The highest BCUT2D eigenvalue weighted by Gasteiger charge is 2.09. The summed E-state index contributed by atoms with van der Waals surface area (Å²) in [5.74, 6) is 0.730. The highest BCUT2D eigenvalue weighted by Crippen LogP contribution is 2.27. The molecule has 0 aliphatic rings. The van der Waals surface area contributed by atoms with Crippen LogP contribution in [-0.2, 0) is 6.42 Å². The summed E-state index contributed by atoms with van der Waals surface area (Å²) < 4.78 is 5.13. The fourth-order valence-electron chi connectivity index (χ4n) is 1.22. The number of ether oxygens (including phenoxy) is 1. The first-order valence-corrected chi connectivity index (χ1v) is 4.52. The first-order valence-electron chi connectivity index (χ1n) is 4.14. The predicted molar refractivity (Wildman–Crippen MR) is 53.4 cm³/mol. The molecule has 0 radical (unpaired) electrons. The fraction of sp³-hybridized carbons (Fsp3) is 0.400. The van der Waals surface area contributed by atoms with Gasteiger partial charge in [0.05, 0.1) is 13.2 Å². The summed E-state index contributed by atoms with van der Waals surface area (Å²) in [4.78, 5) is 0. The van der Waals surface area contributed by atoms with E-state index in [-0.39, 0.29) is 0 Å². The smallest absolute Gasteiger partial charge is 0.123 e.